The molecule has 196 valence electrons. The van der Waals surface area contributed by atoms with Crippen LogP contribution in [0, 0.1) is 0 Å². The lowest BCUT2D eigenvalue weighted by atomic mass is 10.0. The number of likely N-dealkylation sites (tertiary alicyclic amines) is 1. The van der Waals surface area contributed by atoms with E-state index in [0.29, 0.717) is 5.56 Å². The smallest absolute Gasteiger partial charge is 0.355 e. The first-order valence-corrected chi connectivity index (χ1v) is 12.8. The summed E-state index contributed by atoms with van der Waals surface area (Å²) in [7, 11) is 1.20. The number of hydrogen-bond acceptors (Lipinski definition) is 6. The molecule has 1 fully saturated rings. The number of amides is 2. The molecule has 0 aromatic heterocycles. The van der Waals surface area contributed by atoms with E-state index in [-0.39, 0.29) is 11.2 Å². The zero-order chi connectivity index (χ0) is 27.2. The average molecular weight is 533 g/mol. The molecule has 3 aromatic carbocycles. The van der Waals surface area contributed by atoms with Crippen molar-refractivity contribution in [3.8, 4) is 0 Å². The summed E-state index contributed by atoms with van der Waals surface area (Å²) < 4.78 is 11.7. The molecule has 8 nitrogen and oxygen atoms in total. The maximum atomic E-state index is 13.3. The van der Waals surface area contributed by atoms with E-state index in [4.69, 9.17) is 9.47 Å². The molecule has 1 unspecified atom stereocenters. The molecule has 0 bridgehead atoms. The molecule has 1 N–H and O–H groups in total. The second-order valence-electron chi connectivity index (χ2n) is 8.86. The SMILES string of the molecule is CC(=O)[C@H](C)O[C@@H]1[C@@H](NC(=O)c2ccccc2)C(=O)N1C(=[PH3])C(=O)OC(c1ccccc1)c1ccccc1. The van der Waals surface area contributed by atoms with Gasteiger partial charge in [-0.3, -0.25) is 19.3 Å². The summed E-state index contributed by atoms with van der Waals surface area (Å²) in [5, 5.41) is 2.66. The Morgan fingerprint density at radius 2 is 1.37 bits per heavy atom. The van der Waals surface area contributed by atoms with E-state index in [1.54, 1.807) is 37.3 Å². The van der Waals surface area contributed by atoms with Gasteiger partial charge in [-0.1, -0.05) is 78.9 Å². The van der Waals surface area contributed by atoms with Crippen LogP contribution in [0.1, 0.15) is 41.4 Å². The van der Waals surface area contributed by atoms with E-state index < -0.39 is 42.3 Å². The second-order valence-corrected chi connectivity index (χ2v) is 9.53. The first kappa shape index (κ1) is 27.0. The van der Waals surface area contributed by atoms with Gasteiger partial charge < -0.3 is 14.8 Å². The Morgan fingerprint density at radius 1 is 0.868 bits per heavy atom. The van der Waals surface area contributed by atoms with Gasteiger partial charge in [0.05, 0.1) is 0 Å². The molecule has 4 atom stereocenters. The molecule has 0 aliphatic carbocycles. The number of benzene rings is 3. The number of esters is 1. The first-order valence-electron chi connectivity index (χ1n) is 12.1. The van der Waals surface area contributed by atoms with Gasteiger partial charge in [-0.05, 0) is 37.1 Å². The second kappa shape index (κ2) is 12.0. The lowest BCUT2D eigenvalue weighted by Gasteiger charge is -2.47. The normalized spacial score (nSPS) is 17.4. The van der Waals surface area contributed by atoms with Gasteiger partial charge >= 0.3 is 5.97 Å². The molecule has 3 aromatic rings. The van der Waals surface area contributed by atoms with E-state index in [9.17, 15) is 19.2 Å². The molecular formula is C29H29N2O6P. The quantitative estimate of drug-likeness (QED) is 0.245. The van der Waals surface area contributed by atoms with Crippen molar-refractivity contribution in [3.05, 3.63) is 108 Å². The van der Waals surface area contributed by atoms with Crippen molar-refractivity contribution in [3.63, 3.8) is 0 Å². The van der Waals surface area contributed by atoms with Gasteiger partial charge in [0.25, 0.3) is 11.8 Å². The number of hydrogen-bond donors (Lipinski definition) is 1. The number of nitrogens with one attached hydrogen (secondary N) is 1. The Kier molecular flexibility index (Phi) is 8.56. The Labute approximate surface area is 222 Å². The van der Waals surface area contributed by atoms with Crippen LogP contribution in [-0.4, -0.2) is 52.3 Å². The van der Waals surface area contributed by atoms with Crippen molar-refractivity contribution < 1.29 is 28.7 Å². The third-order valence-corrected chi connectivity index (χ3v) is 6.87. The Hall–Kier alpha value is -4.00. The van der Waals surface area contributed by atoms with Crippen LogP contribution in [0.15, 0.2) is 91.0 Å². The van der Waals surface area contributed by atoms with Gasteiger partial charge in [0, 0.05) is 5.56 Å². The number of ether oxygens (including phenoxy) is 2. The highest BCUT2D eigenvalue weighted by molar-refractivity contribution is 7.25. The van der Waals surface area contributed by atoms with Crippen molar-refractivity contribution >= 4 is 37.8 Å². The minimum atomic E-state index is -1.07. The lowest BCUT2D eigenvalue weighted by Crippen LogP contribution is -2.74. The number of ketones is 1. The standard InChI is InChI=1S/C29H29N2O6P/c1-18(32)19(2)36-27-23(30-25(33)22-16-10-5-11-17-22)26(34)31(27)28(38)29(35)37-24(20-12-6-3-7-13-20)21-14-8-4-9-15-21/h3-17,19,23-24,27H,1-2,38H3,(H,30,33)/t19-,23-,27+/m0/s1. The molecule has 0 radical (unpaired) electrons. The van der Waals surface area contributed by atoms with Crippen LogP contribution in [0.4, 0.5) is 0 Å². The van der Waals surface area contributed by atoms with Crippen molar-refractivity contribution in [2.75, 3.05) is 0 Å². The number of Topliss-reactive ketones (excluding diaryl/α,β-unsaturated/α-hetero) is 1. The zero-order valence-electron chi connectivity index (χ0n) is 21.1. The minimum Gasteiger partial charge on any atom is -0.448 e. The molecule has 1 saturated heterocycles. The van der Waals surface area contributed by atoms with Crippen LogP contribution in [0.2, 0.25) is 0 Å². The molecule has 1 aliphatic rings. The summed E-state index contributed by atoms with van der Waals surface area (Å²) in [6, 6.07) is 25.9. The summed E-state index contributed by atoms with van der Waals surface area (Å²) in [5.41, 5.74) is 1.92. The van der Waals surface area contributed by atoms with E-state index in [0.717, 1.165) is 16.0 Å². The lowest BCUT2D eigenvalue weighted by molar-refractivity contribution is -0.180. The summed E-state index contributed by atoms with van der Waals surface area (Å²) in [5.74, 6) is -1.98. The molecule has 9 heteroatoms. The van der Waals surface area contributed by atoms with Gasteiger partial charge in [0.2, 0.25) is 0 Å². The van der Waals surface area contributed by atoms with Gasteiger partial charge in [-0.2, -0.15) is 0 Å². The van der Waals surface area contributed by atoms with Crippen molar-refractivity contribution in [2.24, 2.45) is 0 Å². The maximum absolute atomic E-state index is 13.3. The van der Waals surface area contributed by atoms with Crippen LogP contribution in [-0.2, 0) is 23.9 Å². The third-order valence-electron chi connectivity index (χ3n) is 6.24. The predicted octanol–water partition coefficient (Wildman–Crippen LogP) is 3.02. The summed E-state index contributed by atoms with van der Waals surface area (Å²) in [6.45, 7) is 2.92. The largest absolute Gasteiger partial charge is 0.448 e. The van der Waals surface area contributed by atoms with Crippen LogP contribution < -0.4 is 5.32 Å². The molecule has 2 amide bonds. The topological polar surface area (TPSA) is 102 Å². The fourth-order valence-corrected chi connectivity index (χ4v) is 4.42. The number of carbonyl (C=O) groups excluding carboxylic acids is 4. The molecule has 1 heterocycles. The van der Waals surface area contributed by atoms with E-state index in [2.05, 4.69) is 5.32 Å². The summed E-state index contributed by atoms with van der Waals surface area (Å²) >= 11 is 0. The fraction of sp³-hybridized carbons (Fsp3) is 0.207. The maximum Gasteiger partial charge on any atom is 0.355 e. The molecule has 0 spiro atoms. The monoisotopic (exact) mass is 532 g/mol. The van der Waals surface area contributed by atoms with E-state index in [1.807, 2.05) is 60.7 Å². The Morgan fingerprint density at radius 3 is 1.87 bits per heavy atom. The Balaban J connectivity index is 1.55. The van der Waals surface area contributed by atoms with Gasteiger partial charge in [-0.25, -0.2) is 4.79 Å². The highest BCUT2D eigenvalue weighted by Crippen LogP contribution is 2.29. The molecule has 0 saturated carbocycles. The van der Waals surface area contributed by atoms with Crippen molar-refractivity contribution in [2.45, 2.75) is 38.3 Å². The summed E-state index contributed by atoms with van der Waals surface area (Å²) in [4.78, 5) is 52.3. The van der Waals surface area contributed by atoms with Crippen LogP contribution in [0.25, 0.3) is 0 Å². The number of rotatable bonds is 10. The van der Waals surface area contributed by atoms with E-state index >= 15 is 0 Å². The zero-order valence-corrected chi connectivity index (χ0v) is 22.5. The molecule has 1 aliphatic heterocycles. The third kappa shape index (κ3) is 5.93. The van der Waals surface area contributed by atoms with Crippen LogP contribution in [0.5, 0.6) is 0 Å². The molecule has 4 rings (SSSR count). The predicted molar refractivity (Wildman–Crippen MR) is 146 cm³/mol. The highest BCUT2D eigenvalue weighted by atomic mass is 31.0. The van der Waals surface area contributed by atoms with Crippen molar-refractivity contribution in [1.29, 1.82) is 0 Å². The molecule has 38 heavy (non-hydrogen) atoms. The average Bonchev–Trinajstić information content (AvgIpc) is 2.95. The molecular weight excluding hydrogens is 503 g/mol. The van der Waals surface area contributed by atoms with Crippen LogP contribution >= 0.6 is 8.86 Å². The highest BCUT2D eigenvalue weighted by Gasteiger charge is 2.53. The first-order chi connectivity index (χ1) is 18.3. The summed E-state index contributed by atoms with van der Waals surface area (Å²) in [6.07, 6.45) is -2.62. The number of nitrogens with zero attached hydrogens (tertiary/aromatic N) is 1. The van der Waals surface area contributed by atoms with Gasteiger partial charge in [0.15, 0.2) is 24.2 Å². The Bertz CT molecular complexity index is 1290. The fourth-order valence-electron chi connectivity index (χ4n) is 4.00. The van der Waals surface area contributed by atoms with E-state index in [1.165, 1.54) is 15.8 Å². The van der Waals surface area contributed by atoms with Gasteiger partial charge in [0.1, 0.15) is 11.5 Å². The van der Waals surface area contributed by atoms with Gasteiger partial charge in [-0.15, -0.1) is 8.86 Å². The number of carbonyl (C=O) groups is 4. The number of β-lactam (4-membered cyclic amide) rings is 1. The van der Waals surface area contributed by atoms with Crippen LogP contribution in [0.3, 0.4) is 0 Å². The van der Waals surface area contributed by atoms with Crippen molar-refractivity contribution in [1.82, 2.24) is 10.2 Å². The minimum absolute atomic E-state index is 0.0119.